The number of nitrogens with one attached hydrogen (secondary N) is 2. The summed E-state index contributed by atoms with van der Waals surface area (Å²) in [5.41, 5.74) is 6.00. The van der Waals surface area contributed by atoms with Crippen molar-refractivity contribution in [1.29, 1.82) is 0 Å². The number of hydrogen-bond donors (Lipinski definition) is 3. The number of carbonyl (C=O) groups is 2. The van der Waals surface area contributed by atoms with Gasteiger partial charge in [0.15, 0.2) is 0 Å². The van der Waals surface area contributed by atoms with E-state index in [4.69, 9.17) is 5.73 Å². The van der Waals surface area contributed by atoms with Gasteiger partial charge in [0, 0.05) is 17.3 Å². The Morgan fingerprint density at radius 3 is 2.16 bits per heavy atom. The van der Waals surface area contributed by atoms with E-state index >= 15 is 0 Å². The minimum Gasteiger partial charge on any atom is -0.326 e. The fourth-order valence-electron chi connectivity index (χ4n) is 1.25. The number of benzene rings is 1. The monoisotopic (exact) mass is 263 g/mol. The Kier molecular flexibility index (Phi) is 4.67. The van der Waals surface area contributed by atoms with Crippen LogP contribution in [-0.2, 0) is 9.59 Å². The molecule has 1 aromatic carbocycles. The quantitative estimate of drug-likeness (QED) is 0.776. The van der Waals surface area contributed by atoms with Crippen molar-refractivity contribution < 1.29 is 9.59 Å². The molecule has 1 rings (SSSR count). The van der Waals surface area contributed by atoms with Crippen molar-refractivity contribution >= 4 is 23.2 Å². The molecule has 5 heteroatoms. The van der Waals surface area contributed by atoms with Crippen LogP contribution in [0.1, 0.15) is 27.7 Å². The van der Waals surface area contributed by atoms with Crippen molar-refractivity contribution in [2.24, 2.45) is 11.7 Å². The third kappa shape index (κ3) is 4.71. The minimum atomic E-state index is -0.947. The van der Waals surface area contributed by atoms with Crippen LogP contribution in [0, 0.1) is 5.92 Å². The van der Waals surface area contributed by atoms with Crippen molar-refractivity contribution in [3.05, 3.63) is 24.3 Å². The van der Waals surface area contributed by atoms with E-state index in [2.05, 4.69) is 10.6 Å². The molecule has 0 aliphatic rings. The zero-order chi connectivity index (χ0) is 14.6. The molecule has 0 fully saturated rings. The van der Waals surface area contributed by atoms with Crippen molar-refractivity contribution in [3.8, 4) is 0 Å². The van der Waals surface area contributed by atoms with Gasteiger partial charge in [-0.2, -0.15) is 0 Å². The van der Waals surface area contributed by atoms with Crippen LogP contribution in [-0.4, -0.2) is 17.4 Å². The van der Waals surface area contributed by atoms with Gasteiger partial charge in [-0.3, -0.25) is 9.59 Å². The molecular formula is C14H21N3O2. The Morgan fingerprint density at radius 2 is 1.68 bits per heavy atom. The molecule has 5 nitrogen and oxygen atoms in total. The minimum absolute atomic E-state index is 0.0670. The van der Waals surface area contributed by atoms with Gasteiger partial charge >= 0.3 is 0 Å². The van der Waals surface area contributed by atoms with Gasteiger partial charge in [0.05, 0.1) is 5.54 Å². The maximum atomic E-state index is 11.8. The molecular weight excluding hydrogens is 242 g/mol. The summed E-state index contributed by atoms with van der Waals surface area (Å²) in [4.78, 5) is 23.3. The van der Waals surface area contributed by atoms with E-state index in [-0.39, 0.29) is 17.7 Å². The SMILES string of the molecule is CC(C)C(=O)Nc1cccc(NC(=O)C(C)(C)N)c1. The van der Waals surface area contributed by atoms with E-state index in [1.54, 1.807) is 38.1 Å². The van der Waals surface area contributed by atoms with E-state index in [1.165, 1.54) is 0 Å². The van der Waals surface area contributed by atoms with Gasteiger partial charge in [-0.1, -0.05) is 19.9 Å². The maximum Gasteiger partial charge on any atom is 0.243 e. The zero-order valence-corrected chi connectivity index (χ0v) is 11.8. The Hall–Kier alpha value is -1.88. The van der Waals surface area contributed by atoms with Crippen LogP contribution in [0.25, 0.3) is 0 Å². The molecule has 1 aromatic rings. The van der Waals surface area contributed by atoms with Crippen LogP contribution >= 0.6 is 0 Å². The van der Waals surface area contributed by atoms with Gasteiger partial charge in [0.1, 0.15) is 0 Å². The van der Waals surface area contributed by atoms with E-state index in [0.29, 0.717) is 11.4 Å². The summed E-state index contributed by atoms with van der Waals surface area (Å²) >= 11 is 0. The number of amides is 2. The molecule has 2 amide bonds. The molecule has 104 valence electrons. The largest absolute Gasteiger partial charge is 0.326 e. The van der Waals surface area contributed by atoms with Gasteiger partial charge < -0.3 is 16.4 Å². The topological polar surface area (TPSA) is 84.2 Å². The number of hydrogen-bond acceptors (Lipinski definition) is 3. The molecule has 19 heavy (non-hydrogen) atoms. The van der Waals surface area contributed by atoms with Crippen molar-refractivity contribution in [3.63, 3.8) is 0 Å². The van der Waals surface area contributed by atoms with Gasteiger partial charge in [-0.15, -0.1) is 0 Å². The summed E-state index contributed by atoms with van der Waals surface area (Å²) in [6.07, 6.45) is 0. The summed E-state index contributed by atoms with van der Waals surface area (Å²) < 4.78 is 0. The average molecular weight is 263 g/mol. The van der Waals surface area contributed by atoms with Crippen LogP contribution in [0.2, 0.25) is 0 Å². The Labute approximate surface area is 113 Å². The first kappa shape index (κ1) is 15.2. The van der Waals surface area contributed by atoms with Crippen molar-refractivity contribution in [2.45, 2.75) is 33.2 Å². The molecule has 0 saturated heterocycles. The van der Waals surface area contributed by atoms with Gasteiger partial charge in [-0.05, 0) is 32.0 Å². The molecule has 0 unspecified atom stereocenters. The first-order chi connectivity index (χ1) is 8.70. The van der Waals surface area contributed by atoms with Gasteiger partial charge in [-0.25, -0.2) is 0 Å². The van der Waals surface area contributed by atoms with E-state index in [9.17, 15) is 9.59 Å². The molecule has 0 heterocycles. The molecule has 0 saturated carbocycles. The lowest BCUT2D eigenvalue weighted by Crippen LogP contribution is -2.45. The number of nitrogens with two attached hydrogens (primary N) is 1. The van der Waals surface area contributed by atoms with Crippen LogP contribution < -0.4 is 16.4 Å². The zero-order valence-electron chi connectivity index (χ0n) is 11.8. The summed E-state index contributed by atoms with van der Waals surface area (Å²) in [6, 6.07) is 6.97. The lowest BCUT2D eigenvalue weighted by Gasteiger charge is -2.18. The van der Waals surface area contributed by atoms with Crippen LogP contribution in [0.15, 0.2) is 24.3 Å². The van der Waals surface area contributed by atoms with Crippen molar-refractivity contribution in [2.75, 3.05) is 10.6 Å². The van der Waals surface area contributed by atoms with Crippen LogP contribution in [0.3, 0.4) is 0 Å². The van der Waals surface area contributed by atoms with E-state index in [0.717, 1.165) is 0 Å². The second kappa shape index (κ2) is 5.84. The number of carbonyl (C=O) groups excluding carboxylic acids is 2. The highest BCUT2D eigenvalue weighted by atomic mass is 16.2. The Balaban J connectivity index is 2.78. The van der Waals surface area contributed by atoms with E-state index < -0.39 is 5.54 Å². The standard InChI is InChI=1S/C14H21N3O2/c1-9(2)12(18)16-10-6-5-7-11(8-10)17-13(19)14(3,4)15/h5-9H,15H2,1-4H3,(H,16,18)(H,17,19). The first-order valence-electron chi connectivity index (χ1n) is 6.21. The average Bonchev–Trinajstić information content (AvgIpc) is 2.27. The molecule has 0 radical (unpaired) electrons. The fourth-order valence-corrected chi connectivity index (χ4v) is 1.25. The predicted molar refractivity (Wildman–Crippen MR) is 76.8 cm³/mol. The Morgan fingerprint density at radius 1 is 1.16 bits per heavy atom. The molecule has 0 aromatic heterocycles. The summed E-state index contributed by atoms with van der Waals surface area (Å²) in [5.74, 6) is -0.441. The number of anilines is 2. The third-order valence-corrected chi connectivity index (χ3v) is 2.50. The second-order valence-corrected chi connectivity index (χ2v) is 5.40. The van der Waals surface area contributed by atoms with E-state index in [1.807, 2.05) is 13.8 Å². The highest BCUT2D eigenvalue weighted by Gasteiger charge is 2.21. The molecule has 4 N–H and O–H groups in total. The highest BCUT2D eigenvalue weighted by molar-refractivity contribution is 5.98. The van der Waals surface area contributed by atoms with Crippen LogP contribution in [0.5, 0.6) is 0 Å². The van der Waals surface area contributed by atoms with Crippen molar-refractivity contribution in [1.82, 2.24) is 0 Å². The van der Waals surface area contributed by atoms with Gasteiger partial charge in [0.2, 0.25) is 11.8 Å². The lowest BCUT2D eigenvalue weighted by atomic mass is 10.1. The Bertz CT molecular complexity index is 476. The second-order valence-electron chi connectivity index (χ2n) is 5.40. The normalized spacial score (nSPS) is 11.3. The first-order valence-corrected chi connectivity index (χ1v) is 6.21. The highest BCUT2D eigenvalue weighted by Crippen LogP contribution is 2.17. The molecule has 0 spiro atoms. The molecule has 0 atom stereocenters. The molecule has 0 aliphatic carbocycles. The molecule has 0 aliphatic heterocycles. The summed E-state index contributed by atoms with van der Waals surface area (Å²) in [6.45, 7) is 6.90. The molecule has 0 bridgehead atoms. The smallest absolute Gasteiger partial charge is 0.243 e. The van der Waals surface area contributed by atoms with Crippen LogP contribution in [0.4, 0.5) is 11.4 Å². The summed E-state index contributed by atoms with van der Waals surface area (Å²) in [7, 11) is 0. The number of rotatable bonds is 4. The lowest BCUT2D eigenvalue weighted by molar-refractivity contribution is -0.120. The predicted octanol–water partition coefficient (Wildman–Crippen LogP) is 1.96. The third-order valence-electron chi connectivity index (χ3n) is 2.50. The summed E-state index contributed by atoms with van der Waals surface area (Å²) in [5, 5.41) is 5.48. The fraction of sp³-hybridized carbons (Fsp3) is 0.429. The maximum absolute atomic E-state index is 11.8. The van der Waals surface area contributed by atoms with Gasteiger partial charge in [0.25, 0.3) is 0 Å².